The van der Waals surface area contributed by atoms with Crippen molar-refractivity contribution in [2.45, 2.75) is 38.0 Å². The smallest absolute Gasteiger partial charge is 0.314 e. The fraction of sp³-hybridized carbons (Fsp3) is 0.316. The molecule has 2 nitrogen and oxygen atoms in total. The molecule has 21 heavy (non-hydrogen) atoms. The van der Waals surface area contributed by atoms with Crippen LogP contribution >= 0.6 is 0 Å². The summed E-state index contributed by atoms with van der Waals surface area (Å²) in [6, 6.07) is 16.3. The van der Waals surface area contributed by atoms with Crippen LogP contribution in [0.15, 0.2) is 48.5 Å². The molecule has 1 fully saturated rings. The molecule has 0 amide bonds. The van der Waals surface area contributed by atoms with E-state index < -0.39 is 11.4 Å². The van der Waals surface area contributed by atoms with E-state index in [1.807, 2.05) is 43.3 Å². The summed E-state index contributed by atoms with van der Waals surface area (Å²) in [5, 5.41) is 9.76. The molecule has 0 atom stereocenters. The van der Waals surface area contributed by atoms with Gasteiger partial charge in [0.1, 0.15) is 0 Å². The van der Waals surface area contributed by atoms with Gasteiger partial charge in [-0.1, -0.05) is 48.5 Å². The summed E-state index contributed by atoms with van der Waals surface area (Å²) >= 11 is 0. The van der Waals surface area contributed by atoms with Gasteiger partial charge in [0, 0.05) is 0 Å². The van der Waals surface area contributed by atoms with Crippen molar-refractivity contribution in [2.75, 3.05) is 0 Å². The van der Waals surface area contributed by atoms with Crippen LogP contribution in [0.1, 0.15) is 41.0 Å². The van der Waals surface area contributed by atoms with Crippen LogP contribution in [-0.2, 0) is 10.2 Å². The Morgan fingerprint density at radius 2 is 1.71 bits per heavy atom. The maximum absolute atomic E-state index is 11.9. The van der Waals surface area contributed by atoms with Crippen molar-refractivity contribution in [3.8, 4) is 0 Å². The van der Waals surface area contributed by atoms with Gasteiger partial charge in [-0.3, -0.25) is 4.79 Å². The van der Waals surface area contributed by atoms with Gasteiger partial charge in [-0.2, -0.15) is 0 Å². The van der Waals surface area contributed by atoms with Gasteiger partial charge in [0.25, 0.3) is 0 Å². The molecule has 0 bridgehead atoms. The lowest BCUT2D eigenvalue weighted by molar-refractivity contribution is -0.148. The zero-order valence-corrected chi connectivity index (χ0v) is 12.5. The zero-order valence-electron chi connectivity index (χ0n) is 12.5. The van der Waals surface area contributed by atoms with Crippen molar-refractivity contribution in [1.29, 1.82) is 0 Å². The highest BCUT2D eigenvalue weighted by atomic mass is 16.4. The van der Waals surface area contributed by atoms with Gasteiger partial charge in [0.15, 0.2) is 0 Å². The van der Waals surface area contributed by atoms with Gasteiger partial charge in [-0.25, -0.2) is 0 Å². The standard InChI is InChI=1S/C19H20O2/c1-13-8-9-17(10-14(13)2)19(18(20)21)11-16(12-19)15-6-4-3-5-7-15/h3-10,16H,11-12H2,1-2H3,(H,20,21). The second kappa shape index (κ2) is 5.03. The van der Waals surface area contributed by atoms with E-state index in [1.54, 1.807) is 0 Å². The molecule has 1 aliphatic rings. The van der Waals surface area contributed by atoms with Crippen molar-refractivity contribution in [3.05, 3.63) is 70.8 Å². The molecule has 2 heteroatoms. The third kappa shape index (κ3) is 2.25. The molecular formula is C19H20O2. The lowest BCUT2D eigenvalue weighted by atomic mass is 9.57. The van der Waals surface area contributed by atoms with Crippen molar-refractivity contribution in [3.63, 3.8) is 0 Å². The van der Waals surface area contributed by atoms with Gasteiger partial charge in [0.05, 0.1) is 5.41 Å². The van der Waals surface area contributed by atoms with Crippen molar-refractivity contribution >= 4 is 5.97 Å². The molecule has 0 aliphatic heterocycles. The third-order valence-corrected chi connectivity index (χ3v) is 4.93. The molecule has 1 N–H and O–H groups in total. The maximum Gasteiger partial charge on any atom is 0.314 e. The normalized spacial score (nSPS) is 24.4. The first-order valence-electron chi connectivity index (χ1n) is 7.39. The van der Waals surface area contributed by atoms with E-state index in [1.165, 1.54) is 11.1 Å². The lowest BCUT2D eigenvalue weighted by Crippen LogP contribution is -2.46. The van der Waals surface area contributed by atoms with Crippen LogP contribution in [0.4, 0.5) is 0 Å². The van der Waals surface area contributed by atoms with Gasteiger partial charge in [-0.15, -0.1) is 0 Å². The van der Waals surface area contributed by atoms with E-state index >= 15 is 0 Å². The Morgan fingerprint density at radius 1 is 1.05 bits per heavy atom. The van der Waals surface area contributed by atoms with E-state index in [2.05, 4.69) is 19.1 Å². The first kappa shape index (κ1) is 13.9. The number of benzene rings is 2. The quantitative estimate of drug-likeness (QED) is 0.914. The molecule has 0 aromatic heterocycles. The fourth-order valence-electron chi connectivity index (χ4n) is 3.32. The summed E-state index contributed by atoms with van der Waals surface area (Å²) in [6.07, 6.45) is 1.38. The van der Waals surface area contributed by atoms with Gasteiger partial charge in [-0.05, 0) is 54.9 Å². The highest BCUT2D eigenvalue weighted by Crippen LogP contribution is 2.53. The summed E-state index contributed by atoms with van der Waals surface area (Å²) in [5.74, 6) is -0.346. The number of aliphatic carboxylic acids is 1. The van der Waals surface area contributed by atoms with E-state index in [9.17, 15) is 9.90 Å². The number of carbonyl (C=O) groups is 1. The average Bonchev–Trinajstić information content (AvgIpc) is 2.42. The second-order valence-corrected chi connectivity index (χ2v) is 6.20. The Balaban J connectivity index is 1.90. The molecular weight excluding hydrogens is 260 g/mol. The van der Waals surface area contributed by atoms with Crippen LogP contribution in [0.3, 0.4) is 0 Å². The summed E-state index contributed by atoms with van der Waals surface area (Å²) in [5.41, 5.74) is 3.86. The predicted octanol–water partition coefficient (Wildman–Crippen LogP) is 4.20. The third-order valence-electron chi connectivity index (χ3n) is 4.93. The number of hydrogen-bond acceptors (Lipinski definition) is 1. The Labute approximate surface area is 125 Å². The molecule has 1 saturated carbocycles. The molecule has 0 spiro atoms. The fourth-order valence-corrected chi connectivity index (χ4v) is 3.32. The van der Waals surface area contributed by atoms with E-state index in [0.29, 0.717) is 18.8 Å². The SMILES string of the molecule is Cc1ccc(C2(C(=O)O)CC(c3ccccc3)C2)cc1C. The second-order valence-electron chi connectivity index (χ2n) is 6.20. The minimum absolute atomic E-state index is 0.351. The maximum atomic E-state index is 11.9. The summed E-state index contributed by atoms with van der Waals surface area (Å²) in [7, 11) is 0. The molecule has 3 rings (SSSR count). The van der Waals surface area contributed by atoms with Crippen LogP contribution in [0.5, 0.6) is 0 Å². The van der Waals surface area contributed by atoms with Gasteiger partial charge >= 0.3 is 5.97 Å². The molecule has 2 aromatic rings. The monoisotopic (exact) mass is 280 g/mol. The summed E-state index contributed by atoms with van der Waals surface area (Å²) < 4.78 is 0. The zero-order chi connectivity index (χ0) is 15.0. The summed E-state index contributed by atoms with van der Waals surface area (Å²) in [4.78, 5) is 11.9. The Morgan fingerprint density at radius 3 is 2.29 bits per heavy atom. The van der Waals surface area contributed by atoms with Crippen molar-refractivity contribution in [1.82, 2.24) is 0 Å². The Kier molecular flexibility index (Phi) is 3.32. The number of rotatable bonds is 3. The number of carboxylic acid groups (broad SMARTS) is 1. The van der Waals surface area contributed by atoms with E-state index in [0.717, 1.165) is 11.1 Å². The minimum Gasteiger partial charge on any atom is -0.481 e. The van der Waals surface area contributed by atoms with E-state index in [4.69, 9.17) is 0 Å². The number of carboxylic acids is 1. The highest BCUT2D eigenvalue weighted by molar-refractivity contribution is 5.83. The Hall–Kier alpha value is -2.09. The molecule has 108 valence electrons. The first-order valence-corrected chi connectivity index (χ1v) is 7.39. The molecule has 0 radical (unpaired) electrons. The van der Waals surface area contributed by atoms with Crippen molar-refractivity contribution < 1.29 is 9.90 Å². The molecule has 1 aliphatic carbocycles. The average molecular weight is 280 g/mol. The first-order chi connectivity index (χ1) is 10.0. The van der Waals surface area contributed by atoms with E-state index in [-0.39, 0.29) is 0 Å². The topological polar surface area (TPSA) is 37.3 Å². The largest absolute Gasteiger partial charge is 0.481 e. The molecule has 0 saturated heterocycles. The van der Waals surface area contributed by atoms with Crippen molar-refractivity contribution in [2.24, 2.45) is 0 Å². The van der Waals surface area contributed by atoms with Gasteiger partial charge in [0.2, 0.25) is 0 Å². The van der Waals surface area contributed by atoms with Crippen LogP contribution in [0, 0.1) is 13.8 Å². The Bertz CT molecular complexity index is 667. The van der Waals surface area contributed by atoms with Crippen LogP contribution in [0.2, 0.25) is 0 Å². The van der Waals surface area contributed by atoms with Crippen LogP contribution in [-0.4, -0.2) is 11.1 Å². The molecule has 0 heterocycles. The molecule has 2 aromatic carbocycles. The number of hydrogen-bond donors (Lipinski definition) is 1. The van der Waals surface area contributed by atoms with Crippen LogP contribution in [0.25, 0.3) is 0 Å². The van der Waals surface area contributed by atoms with Crippen LogP contribution < -0.4 is 0 Å². The molecule has 0 unspecified atom stereocenters. The minimum atomic E-state index is -0.709. The number of aryl methyl sites for hydroxylation is 2. The predicted molar refractivity (Wildman–Crippen MR) is 83.6 cm³/mol. The van der Waals surface area contributed by atoms with Gasteiger partial charge < -0.3 is 5.11 Å². The lowest BCUT2D eigenvalue weighted by Gasteiger charge is -2.45. The summed E-state index contributed by atoms with van der Waals surface area (Å²) in [6.45, 7) is 4.10. The highest BCUT2D eigenvalue weighted by Gasteiger charge is 2.52.